The van der Waals surface area contributed by atoms with Crippen LogP contribution in [-0.4, -0.2) is 28.1 Å². The first-order valence-corrected chi connectivity index (χ1v) is 6.79. The van der Waals surface area contributed by atoms with Gasteiger partial charge in [0.25, 0.3) is 0 Å². The van der Waals surface area contributed by atoms with Crippen molar-refractivity contribution in [2.75, 3.05) is 18.0 Å². The molecule has 1 aromatic carbocycles. The average Bonchev–Trinajstić information content (AvgIpc) is 3.15. The van der Waals surface area contributed by atoms with E-state index in [4.69, 9.17) is 5.26 Å². The van der Waals surface area contributed by atoms with Gasteiger partial charge in [0, 0.05) is 13.1 Å². The molecule has 114 valence electrons. The predicted molar refractivity (Wildman–Crippen MR) is 72.5 cm³/mol. The maximum absolute atomic E-state index is 12.8. The number of anilines is 1. The van der Waals surface area contributed by atoms with Crippen LogP contribution >= 0.6 is 0 Å². The minimum Gasteiger partial charge on any atom is -0.353 e. The van der Waals surface area contributed by atoms with Crippen molar-refractivity contribution in [1.82, 2.24) is 15.0 Å². The summed E-state index contributed by atoms with van der Waals surface area (Å²) in [6.45, 7) is 1.55. The van der Waals surface area contributed by atoms with E-state index in [2.05, 4.69) is 10.2 Å². The molecule has 1 fully saturated rings. The number of hydrogen-bond donors (Lipinski definition) is 0. The predicted octanol–water partition coefficient (Wildman–Crippen LogP) is 2.76. The fourth-order valence-corrected chi connectivity index (χ4v) is 2.44. The van der Waals surface area contributed by atoms with Gasteiger partial charge in [-0.05, 0) is 31.0 Å². The zero-order valence-electron chi connectivity index (χ0n) is 11.5. The standard InChI is InChI=1S/C14H12F3N5/c15-14(16,17)10-4-3-5-11(8-10)22-19-12(9-18)13(20-22)21-6-1-2-7-21/h3-5,8H,1-2,6-7H2. The van der Waals surface area contributed by atoms with Crippen molar-refractivity contribution in [3.8, 4) is 11.8 Å². The molecular weight excluding hydrogens is 295 g/mol. The van der Waals surface area contributed by atoms with E-state index in [1.54, 1.807) is 0 Å². The van der Waals surface area contributed by atoms with E-state index in [9.17, 15) is 13.2 Å². The molecule has 2 aromatic rings. The Morgan fingerprint density at radius 2 is 1.86 bits per heavy atom. The van der Waals surface area contributed by atoms with Crippen LogP contribution in [0.25, 0.3) is 5.69 Å². The summed E-state index contributed by atoms with van der Waals surface area (Å²) in [5.74, 6) is 0.428. The molecule has 1 aliphatic heterocycles. The second kappa shape index (κ2) is 5.33. The summed E-state index contributed by atoms with van der Waals surface area (Å²) in [7, 11) is 0. The lowest BCUT2D eigenvalue weighted by molar-refractivity contribution is -0.137. The minimum atomic E-state index is -4.43. The molecule has 1 saturated heterocycles. The summed E-state index contributed by atoms with van der Waals surface area (Å²) in [6, 6.07) is 6.67. The van der Waals surface area contributed by atoms with Crippen LogP contribution in [0.1, 0.15) is 24.1 Å². The van der Waals surface area contributed by atoms with Crippen molar-refractivity contribution >= 4 is 5.82 Å². The fraction of sp³-hybridized carbons (Fsp3) is 0.357. The number of halogens is 3. The van der Waals surface area contributed by atoms with Crippen LogP contribution in [0.3, 0.4) is 0 Å². The molecule has 0 N–H and O–H groups in total. The smallest absolute Gasteiger partial charge is 0.353 e. The molecule has 0 saturated carbocycles. The van der Waals surface area contributed by atoms with Gasteiger partial charge in [-0.15, -0.1) is 15.0 Å². The van der Waals surface area contributed by atoms with E-state index in [-0.39, 0.29) is 11.4 Å². The Bertz CT molecular complexity index is 723. The highest BCUT2D eigenvalue weighted by molar-refractivity contribution is 5.51. The lowest BCUT2D eigenvalue weighted by Crippen LogP contribution is -2.19. The molecular formula is C14H12F3N5. The van der Waals surface area contributed by atoms with Crippen LogP contribution in [0.4, 0.5) is 19.0 Å². The van der Waals surface area contributed by atoms with Crippen LogP contribution in [0, 0.1) is 11.3 Å². The van der Waals surface area contributed by atoms with Crippen molar-refractivity contribution in [1.29, 1.82) is 5.26 Å². The average molecular weight is 307 g/mol. The van der Waals surface area contributed by atoms with E-state index in [1.165, 1.54) is 12.1 Å². The monoisotopic (exact) mass is 307 g/mol. The molecule has 0 radical (unpaired) electrons. The SMILES string of the molecule is N#Cc1nn(-c2cccc(C(F)(F)F)c2)nc1N1CCCC1. The molecule has 5 nitrogen and oxygen atoms in total. The Balaban J connectivity index is 2.01. The van der Waals surface area contributed by atoms with Crippen LogP contribution < -0.4 is 4.90 Å². The number of nitrogens with zero attached hydrogens (tertiary/aromatic N) is 5. The molecule has 0 aliphatic carbocycles. The number of aromatic nitrogens is 3. The van der Waals surface area contributed by atoms with E-state index in [0.717, 1.165) is 42.9 Å². The van der Waals surface area contributed by atoms with Gasteiger partial charge in [0.05, 0.1) is 11.3 Å². The van der Waals surface area contributed by atoms with Crippen LogP contribution in [0.5, 0.6) is 0 Å². The Morgan fingerprint density at radius 1 is 1.14 bits per heavy atom. The number of alkyl halides is 3. The van der Waals surface area contributed by atoms with Crippen molar-refractivity contribution in [3.05, 3.63) is 35.5 Å². The van der Waals surface area contributed by atoms with Gasteiger partial charge >= 0.3 is 6.18 Å². The first-order valence-electron chi connectivity index (χ1n) is 6.79. The van der Waals surface area contributed by atoms with Gasteiger partial charge in [-0.1, -0.05) is 6.07 Å². The molecule has 0 amide bonds. The third-order valence-electron chi connectivity index (χ3n) is 3.51. The summed E-state index contributed by atoms with van der Waals surface area (Å²) in [4.78, 5) is 3.01. The van der Waals surface area contributed by atoms with E-state index < -0.39 is 11.7 Å². The second-order valence-corrected chi connectivity index (χ2v) is 5.02. The van der Waals surface area contributed by atoms with Crippen molar-refractivity contribution < 1.29 is 13.2 Å². The molecule has 0 spiro atoms. The summed E-state index contributed by atoms with van der Waals surface area (Å²) in [5.41, 5.74) is -0.473. The Labute approximate surface area is 124 Å². The highest BCUT2D eigenvalue weighted by Gasteiger charge is 2.31. The van der Waals surface area contributed by atoms with Gasteiger partial charge in [0.1, 0.15) is 6.07 Å². The summed E-state index contributed by atoms with van der Waals surface area (Å²) in [6.07, 6.45) is -2.43. The summed E-state index contributed by atoms with van der Waals surface area (Å²) in [5, 5.41) is 17.4. The minimum absolute atomic E-state index is 0.124. The van der Waals surface area contributed by atoms with Crippen molar-refractivity contribution in [2.45, 2.75) is 19.0 Å². The zero-order valence-corrected chi connectivity index (χ0v) is 11.5. The molecule has 0 bridgehead atoms. The van der Waals surface area contributed by atoms with Gasteiger partial charge < -0.3 is 4.90 Å². The Kier molecular flexibility index (Phi) is 3.48. The zero-order chi connectivity index (χ0) is 15.7. The van der Waals surface area contributed by atoms with Gasteiger partial charge in [-0.3, -0.25) is 0 Å². The first-order chi connectivity index (χ1) is 10.5. The Hall–Kier alpha value is -2.56. The molecule has 1 aromatic heterocycles. The van der Waals surface area contributed by atoms with Crippen LogP contribution in [-0.2, 0) is 6.18 Å². The van der Waals surface area contributed by atoms with Crippen LogP contribution in [0.15, 0.2) is 24.3 Å². The van der Waals surface area contributed by atoms with Gasteiger partial charge in [-0.2, -0.15) is 18.4 Å². The first kappa shape index (κ1) is 14.4. The maximum atomic E-state index is 12.8. The molecule has 3 rings (SSSR count). The number of hydrogen-bond acceptors (Lipinski definition) is 4. The van der Waals surface area contributed by atoms with E-state index in [0.29, 0.717) is 5.82 Å². The highest BCUT2D eigenvalue weighted by Crippen LogP contribution is 2.30. The topological polar surface area (TPSA) is 57.7 Å². The normalized spacial score (nSPS) is 15.1. The second-order valence-electron chi connectivity index (χ2n) is 5.02. The Morgan fingerprint density at radius 3 is 2.50 bits per heavy atom. The van der Waals surface area contributed by atoms with Crippen molar-refractivity contribution in [3.63, 3.8) is 0 Å². The quantitative estimate of drug-likeness (QED) is 0.856. The molecule has 0 atom stereocenters. The highest BCUT2D eigenvalue weighted by atomic mass is 19.4. The molecule has 1 aliphatic rings. The third kappa shape index (κ3) is 2.62. The molecule has 8 heteroatoms. The van der Waals surface area contributed by atoms with Gasteiger partial charge in [-0.25, -0.2) is 0 Å². The van der Waals surface area contributed by atoms with Crippen molar-refractivity contribution in [2.24, 2.45) is 0 Å². The van der Waals surface area contributed by atoms with Gasteiger partial charge in [0.2, 0.25) is 5.69 Å². The van der Waals surface area contributed by atoms with E-state index >= 15 is 0 Å². The van der Waals surface area contributed by atoms with E-state index in [1.807, 2.05) is 11.0 Å². The molecule has 22 heavy (non-hydrogen) atoms. The number of rotatable bonds is 2. The largest absolute Gasteiger partial charge is 0.416 e. The fourth-order valence-electron chi connectivity index (χ4n) is 2.44. The maximum Gasteiger partial charge on any atom is 0.416 e. The van der Waals surface area contributed by atoms with Gasteiger partial charge in [0.15, 0.2) is 5.82 Å². The lowest BCUT2D eigenvalue weighted by Gasteiger charge is -2.12. The molecule has 0 unspecified atom stereocenters. The lowest BCUT2D eigenvalue weighted by atomic mass is 10.2. The third-order valence-corrected chi connectivity index (χ3v) is 3.51. The molecule has 2 heterocycles. The number of nitriles is 1. The van der Waals surface area contributed by atoms with Crippen LogP contribution in [0.2, 0.25) is 0 Å². The summed E-state index contributed by atoms with van der Waals surface area (Å²) < 4.78 is 38.3. The number of benzene rings is 1. The summed E-state index contributed by atoms with van der Waals surface area (Å²) >= 11 is 0.